The van der Waals surface area contributed by atoms with Crippen LogP contribution in [0.25, 0.3) is 0 Å². The molecule has 2 nitrogen and oxygen atoms in total. The summed E-state index contributed by atoms with van der Waals surface area (Å²) in [5, 5.41) is 0.699. The van der Waals surface area contributed by atoms with Crippen molar-refractivity contribution < 1.29 is 0 Å². The van der Waals surface area contributed by atoms with E-state index in [1.54, 1.807) is 0 Å². The fourth-order valence-corrected chi connectivity index (χ4v) is 1.08. The maximum atomic E-state index is 5.38. The normalized spacial score (nSPS) is 13.5. The Bertz CT molecular complexity index is 84.1. The molecule has 0 aromatic heterocycles. The molecule has 4 heteroatoms. The maximum absolute atomic E-state index is 5.38. The van der Waals surface area contributed by atoms with Gasteiger partial charge in [0.15, 0.2) is 5.17 Å². The minimum absolute atomic E-state index is 0.644. The SMILES string of the molecule is CCPN=C(N)SC. The van der Waals surface area contributed by atoms with Crippen LogP contribution in [0.4, 0.5) is 0 Å². The second-order valence-corrected chi connectivity index (χ2v) is 3.24. The summed E-state index contributed by atoms with van der Waals surface area (Å²) in [7, 11) is 0.644. The molecule has 0 aliphatic carbocycles. The van der Waals surface area contributed by atoms with E-state index in [4.69, 9.17) is 5.73 Å². The van der Waals surface area contributed by atoms with Gasteiger partial charge in [0.2, 0.25) is 0 Å². The minimum atomic E-state index is 0.644. The van der Waals surface area contributed by atoms with Crippen molar-refractivity contribution in [1.82, 2.24) is 0 Å². The van der Waals surface area contributed by atoms with Gasteiger partial charge in [-0.05, 0) is 12.4 Å². The van der Waals surface area contributed by atoms with Gasteiger partial charge < -0.3 is 5.73 Å². The van der Waals surface area contributed by atoms with Crippen molar-refractivity contribution in [1.29, 1.82) is 0 Å². The van der Waals surface area contributed by atoms with E-state index < -0.39 is 0 Å². The fraction of sp³-hybridized carbons (Fsp3) is 0.750. The van der Waals surface area contributed by atoms with Gasteiger partial charge in [-0.2, -0.15) is 0 Å². The summed E-state index contributed by atoms with van der Waals surface area (Å²) in [6.07, 6.45) is 3.03. The van der Waals surface area contributed by atoms with Crippen molar-refractivity contribution >= 4 is 25.7 Å². The molecule has 0 heterocycles. The Morgan fingerprint density at radius 3 is 2.88 bits per heavy atom. The zero-order valence-corrected chi connectivity index (χ0v) is 6.96. The average molecular weight is 150 g/mol. The number of amidine groups is 1. The second-order valence-electron chi connectivity index (χ2n) is 1.17. The van der Waals surface area contributed by atoms with Crippen LogP contribution in [0, 0.1) is 0 Å². The molecule has 0 fully saturated rings. The first-order valence-corrected chi connectivity index (χ1v) is 4.79. The van der Waals surface area contributed by atoms with E-state index in [9.17, 15) is 0 Å². The predicted octanol–water partition coefficient (Wildman–Crippen LogP) is 1.28. The summed E-state index contributed by atoms with van der Waals surface area (Å²) in [6.45, 7) is 2.09. The Morgan fingerprint density at radius 1 is 1.88 bits per heavy atom. The van der Waals surface area contributed by atoms with Crippen LogP contribution in [0.2, 0.25) is 0 Å². The van der Waals surface area contributed by atoms with Gasteiger partial charge in [0.05, 0.1) is 0 Å². The largest absolute Gasteiger partial charge is 0.378 e. The zero-order chi connectivity index (χ0) is 6.41. The summed E-state index contributed by atoms with van der Waals surface area (Å²) < 4.78 is 4.05. The summed E-state index contributed by atoms with van der Waals surface area (Å²) in [4.78, 5) is 0. The molecule has 0 rings (SSSR count). The molecule has 0 amide bonds. The average Bonchev–Trinajstić information content (AvgIpc) is 1.83. The zero-order valence-electron chi connectivity index (χ0n) is 5.14. The third kappa shape index (κ3) is 4.41. The summed E-state index contributed by atoms with van der Waals surface area (Å²) >= 11 is 1.50. The van der Waals surface area contributed by atoms with Crippen molar-refractivity contribution in [3.8, 4) is 0 Å². The highest BCUT2D eigenvalue weighted by Crippen LogP contribution is 2.11. The van der Waals surface area contributed by atoms with Gasteiger partial charge in [-0.3, -0.25) is 0 Å². The number of rotatable bonds is 2. The highest BCUT2D eigenvalue weighted by Gasteiger charge is 1.82. The standard InChI is InChI=1S/C4H11N2PS/c1-3-7-6-4(5)8-2/h7H,3H2,1-2H3,(H2,5,6). The monoisotopic (exact) mass is 150 g/mol. The quantitative estimate of drug-likeness (QED) is 0.366. The fourth-order valence-electron chi connectivity index (χ4n) is 0.203. The van der Waals surface area contributed by atoms with E-state index in [1.165, 1.54) is 11.8 Å². The van der Waals surface area contributed by atoms with Crippen LogP contribution in [0.1, 0.15) is 6.92 Å². The lowest BCUT2D eigenvalue weighted by Crippen LogP contribution is -2.03. The highest BCUT2D eigenvalue weighted by molar-refractivity contribution is 8.13. The van der Waals surface area contributed by atoms with E-state index >= 15 is 0 Å². The number of nitrogens with two attached hydrogens (primary N) is 1. The smallest absolute Gasteiger partial charge is 0.157 e. The van der Waals surface area contributed by atoms with Gasteiger partial charge in [0, 0.05) is 8.73 Å². The molecule has 0 aliphatic rings. The van der Waals surface area contributed by atoms with Crippen molar-refractivity contribution in [2.45, 2.75) is 6.92 Å². The molecular formula is C4H11N2PS. The number of hydrogen-bond donors (Lipinski definition) is 1. The van der Waals surface area contributed by atoms with Crippen molar-refractivity contribution in [2.24, 2.45) is 10.5 Å². The number of hydrogen-bond acceptors (Lipinski definition) is 2. The Morgan fingerprint density at radius 2 is 2.50 bits per heavy atom. The third-order valence-corrected chi connectivity index (χ3v) is 1.94. The topological polar surface area (TPSA) is 38.4 Å². The van der Waals surface area contributed by atoms with E-state index in [2.05, 4.69) is 11.7 Å². The lowest BCUT2D eigenvalue weighted by Gasteiger charge is -1.90. The summed E-state index contributed by atoms with van der Waals surface area (Å²) in [6, 6.07) is 0. The molecule has 0 spiro atoms. The number of nitrogens with zero attached hydrogens (tertiary/aromatic N) is 1. The Balaban J connectivity index is 3.26. The number of thioether (sulfide) groups is 1. The van der Waals surface area contributed by atoms with E-state index in [0.29, 0.717) is 13.9 Å². The molecular weight excluding hydrogens is 139 g/mol. The first-order valence-electron chi connectivity index (χ1n) is 2.41. The minimum Gasteiger partial charge on any atom is -0.378 e. The maximum Gasteiger partial charge on any atom is 0.157 e. The highest BCUT2D eigenvalue weighted by atomic mass is 32.2. The molecule has 48 valence electrons. The summed E-state index contributed by atoms with van der Waals surface area (Å²) in [5.41, 5.74) is 5.38. The van der Waals surface area contributed by atoms with Crippen molar-refractivity contribution in [3.05, 3.63) is 0 Å². The van der Waals surface area contributed by atoms with E-state index in [0.717, 1.165) is 6.16 Å². The lowest BCUT2D eigenvalue weighted by molar-refractivity contribution is 1.50. The van der Waals surface area contributed by atoms with Gasteiger partial charge in [-0.1, -0.05) is 18.7 Å². The van der Waals surface area contributed by atoms with Crippen LogP contribution >= 0.6 is 20.5 Å². The first-order chi connectivity index (χ1) is 3.81. The molecule has 0 radical (unpaired) electrons. The van der Waals surface area contributed by atoms with Gasteiger partial charge in [0.1, 0.15) is 0 Å². The van der Waals surface area contributed by atoms with Gasteiger partial charge in [-0.25, -0.2) is 4.76 Å². The van der Waals surface area contributed by atoms with Crippen LogP contribution in [-0.4, -0.2) is 17.6 Å². The Hall–Kier alpha value is 0.250. The van der Waals surface area contributed by atoms with Crippen molar-refractivity contribution in [3.63, 3.8) is 0 Å². The van der Waals surface area contributed by atoms with Gasteiger partial charge >= 0.3 is 0 Å². The van der Waals surface area contributed by atoms with Crippen molar-refractivity contribution in [2.75, 3.05) is 12.4 Å². The summed E-state index contributed by atoms with van der Waals surface area (Å²) in [5.74, 6) is 0. The molecule has 1 unspecified atom stereocenters. The van der Waals surface area contributed by atoms with Gasteiger partial charge in [0.25, 0.3) is 0 Å². The molecule has 0 bridgehead atoms. The van der Waals surface area contributed by atoms with Crippen LogP contribution < -0.4 is 5.73 Å². The van der Waals surface area contributed by atoms with Crippen LogP contribution in [0.15, 0.2) is 4.76 Å². The van der Waals surface area contributed by atoms with Crippen LogP contribution in [-0.2, 0) is 0 Å². The predicted molar refractivity (Wildman–Crippen MR) is 44.0 cm³/mol. The lowest BCUT2D eigenvalue weighted by atomic mass is 11.0. The molecule has 0 aliphatic heterocycles. The Kier molecular flexibility index (Phi) is 5.56. The van der Waals surface area contributed by atoms with E-state index in [1.807, 2.05) is 6.26 Å². The van der Waals surface area contributed by atoms with Crippen LogP contribution in [0.3, 0.4) is 0 Å². The van der Waals surface area contributed by atoms with Crippen LogP contribution in [0.5, 0.6) is 0 Å². The molecule has 0 saturated carbocycles. The third-order valence-electron chi connectivity index (χ3n) is 0.557. The van der Waals surface area contributed by atoms with Gasteiger partial charge in [-0.15, -0.1) is 0 Å². The first kappa shape index (κ1) is 8.25. The molecule has 8 heavy (non-hydrogen) atoms. The molecule has 2 N–H and O–H groups in total. The van der Waals surface area contributed by atoms with E-state index in [-0.39, 0.29) is 0 Å². The second kappa shape index (κ2) is 5.39. The molecule has 1 atom stereocenters. The molecule has 0 aromatic rings. The molecule has 0 saturated heterocycles. The molecule has 0 aromatic carbocycles. The Labute approximate surface area is 56.2 Å².